The Hall–Kier alpha value is -2.63. The normalized spacial score (nSPS) is 15.4. The highest BCUT2D eigenvalue weighted by Crippen LogP contribution is 2.29. The number of alkyl halides is 3. The zero-order valence-corrected chi connectivity index (χ0v) is 18.3. The number of nitrogens with one attached hydrogen (secondary N) is 1. The summed E-state index contributed by atoms with van der Waals surface area (Å²) in [4.78, 5) is 12.9. The molecule has 2 aromatic carbocycles. The summed E-state index contributed by atoms with van der Waals surface area (Å²) in [7, 11) is -3.82. The number of rotatable bonds is 6. The molecule has 1 aliphatic heterocycles. The Morgan fingerprint density at radius 3 is 2.47 bits per heavy atom. The number of benzene rings is 2. The molecular formula is C21H23F3N2O5S. The van der Waals surface area contributed by atoms with E-state index in [0.717, 1.165) is 0 Å². The summed E-state index contributed by atoms with van der Waals surface area (Å²) in [5.74, 6) is -0.798. The monoisotopic (exact) mass is 472 g/mol. The van der Waals surface area contributed by atoms with Crippen molar-refractivity contribution in [3.8, 4) is 5.75 Å². The number of nitrogens with zero attached hydrogens (tertiary/aromatic N) is 1. The fourth-order valence-corrected chi connectivity index (χ4v) is 4.58. The Morgan fingerprint density at radius 2 is 1.81 bits per heavy atom. The predicted octanol–water partition coefficient (Wildman–Crippen LogP) is 3.52. The number of hydrogen-bond acceptors (Lipinski definition) is 5. The molecule has 11 heteroatoms. The Morgan fingerprint density at radius 1 is 1.12 bits per heavy atom. The molecule has 0 saturated carbocycles. The first-order valence-corrected chi connectivity index (χ1v) is 11.2. The van der Waals surface area contributed by atoms with Gasteiger partial charge in [0.25, 0.3) is 5.91 Å². The van der Waals surface area contributed by atoms with Gasteiger partial charge in [0.05, 0.1) is 23.8 Å². The Bertz CT molecular complexity index is 1100. The van der Waals surface area contributed by atoms with Crippen molar-refractivity contribution in [2.75, 3.05) is 38.2 Å². The van der Waals surface area contributed by atoms with E-state index in [0.29, 0.717) is 11.1 Å². The molecular weight excluding hydrogens is 449 g/mol. The molecule has 1 amide bonds. The van der Waals surface area contributed by atoms with Crippen LogP contribution in [0.25, 0.3) is 0 Å². The first-order valence-electron chi connectivity index (χ1n) is 9.77. The van der Waals surface area contributed by atoms with Crippen molar-refractivity contribution >= 4 is 21.6 Å². The third-order valence-corrected chi connectivity index (χ3v) is 6.73. The first kappa shape index (κ1) is 24.0. The molecule has 1 saturated heterocycles. The lowest BCUT2D eigenvalue weighted by Crippen LogP contribution is -2.40. The highest BCUT2D eigenvalue weighted by Gasteiger charge is 2.30. The molecule has 0 unspecified atom stereocenters. The topological polar surface area (TPSA) is 84.9 Å². The van der Waals surface area contributed by atoms with Gasteiger partial charge < -0.3 is 14.8 Å². The van der Waals surface area contributed by atoms with E-state index < -0.39 is 28.7 Å². The molecule has 32 heavy (non-hydrogen) atoms. The van der Waals surface area contributed by atoms with E-state index in [1.807, 2.05) is 0 Å². The molecule has 0 radical (unpaired) electrons. The highest BCUT2D eigenvalue weighted by molar-refractivity contribution is 7.89. The third kappa shape index (κ3) is 5.78. The summed E-state index contributed by atoms with van der Waals surface area (Å²) in [6.45, 7) is 2.79. The second-order valence-electron chi connectivity index (χ2n) is 7.35. The van der Waals surface area contributed by atoms with Crippen LogP contribution in [0.5, 0.6) is 5.75 Å². The molecule has 0 atom stereocenters. The van der Waals surface area contributed by atoms with Crippen LogP contribution in [-0.2, 0) is 14.8 Å². The average molecular weight is 472 g/mol. The van der Waals surface area contributed by atoms with Crippen LogP contribution in [0.2, 0.25) is 0 Å². The second kappa shape index (κ2) is 9.47. The summed E-state index contributed by atoms with van der Waals surface area (Å²) >= 11 is 0. The van der Waals surface area contributed by atoms with Gasteiger partial charge in [-0.3, -0.25) is 4.79 Å². The number of carbonyl (C=O) groups excluding carboxylic acids is 1. The van der Waals surface area contributed by atoms with Crippen molar-refractivity contribution in [3.05, 3.63) is 53.1 Å². The van der Waals surface area contributed by atoms with Crippen molar-refractivity contribution < 1.29 is 35.9 Å². The van der Waals surface area contributed by atoms with Crippen LogP contribution < -0.4 is 10.1 Å². The summed E-state index contributed by atoms with van der Waals surface area (Å²) in [6.07, 6.45) is -4.54. The summed E-state index contributed by atoms with van der Waals surface area (Å²) < 4.78 is 74.9. The second-order valence-corrected chi connectivity index (χ2v) is 9.29. The lowest BCUT2D eigenvalue weighted by Gasteiger charge is -2.26. The largest absolute Gasteiger partial charge is 0.482 e. The fourth-order valence-electron chi connectivity index (χ4n) is 3.14. The van der Waals surface area contributed by atoms with E-state index >= 15 is 0 Å². The summed E-state index contributed by atoms with van der Waals surface area (Å²) in [6, 6.07) is 8.62. The fraction of sp³-hybridized carbons (Fsp3) is 0.381. The van der Waals surface area contributed by atoms with E-state index in [2.05, 4.69) is 5.32 Å². The van der Waals surface area contributed by atoms with Crippen LogP contribution in [0.1, 0.15) is 21.5 Å². The molecule has 1 N–H and O–H groups in total. The maximum atomic E-state index is 12.9. The molecule has 174 valence electrons. The molecule has 2 aromatic rings. The first-order chi connectivity index (χ1) is 15.0. The minimum atomic E-state index is -4.54. The predicted molar refractivity (Wildman–Crippen MR) is 111 cm³/mol. The standard InChI is InChI=1S/C21H23F3N2O5S/c1-14-3-6-18(19(11-14)31-13-21(22,23)24)25-20(27)17-12-16(5-4-15(17)2)32(28,29)26-7-9-30-10-8-26/h3-6,11-12H,7-10,13H2,1-2H3,(H,25,27). The van der Waals surface area contributed by atoms with Gasteiger partial charge in [-0.1, -0.05) is 12.1 Å². The van der Waals surface area contributed by atoms with E-state index in [-0.39, 0.29) is 48.2 Å². The molecule has 0 bridgehead atoms. The van der Waals surface area contributed by atoms with Crippen LogP contribution in [0.15, 0.2) is 41.3 Å². The van der Waals surface area contributed by atoms with Crippen LogP contribution in [0.3, 0.4) is 0 Å². The van der Waals surface area contributed by atoms with Gasteiger partial charge in [0.2, 0.25) is 10.0 Å². The van der Waals surface area contributed by atoms with Crippen LogP contribution in [0.4, 0.5) is 18.9 Å². The Labute approximate surface area is 184 Å². The van der Waals surface area contributed by atoms with Gasteiger partial charge in [0.1, 0.15) is 5.75 Å². The van der Waals surface area contributed by atoms with Gasteiger partial charge in [-0.25, -0.2) is 8.42 Å². The zero-order valence-electron chi connectivity index (χ0n) is 17.5. The minimum absolute atomic E-state index is 0.0469. The number of anilines is 1. The maximum Gasteiger partial charge on any atom is 0.422 e. The van der Waals surface area contributed by atoms with Crippen LogP contribution >= 0.6 is 0 Å². The minimum Gasteiger partial charge on any atom is -0.482 e. The number of hydrogen-bond donors (Lipinski definition) is 1. The summed E-state index contributed by atoms with van der Waals surface area (Å²) in [5, 5.41) is 2.53. The number of amides is 1. The summed E-state index contributed by atoms with van der Waals surface area (Å²) in [5.41, 5.74) is 1.29. The lowest BCUT2D eigenvalue weighted by molar-refractivity contribution is -0.153. The van der Waals surface area contributed by atoms with Gasteiger partial charge in [-0.05, 0) is 49.2 Å². The molecule has 0 aliphatic carbocycles. The number of carbonyl (C=O) groups is 1. The maximum absolute atomic E-state index is 12.9. The van der Waals surface area contributed by atoms with Crippen molar-refractivity contribution in [3.63, 3.8) is 0 Å². The van der Waals surface area contributed by atoms with Crippen molar-refractivity contribution in [1.82, 2.24) is 4.31 Å². The van der Waals surface area contributed by atoms with Crippen molar-refractivity contribution in [2.45, 2.75) is 24.9 Å². The number of morpholine rings is 1. The van der Waals surface area contributed by atoms with E-state index in [1.165, 1.54) is 34.6 Å². The Balaban J connectivity index is 1.87. The van der Waals surface area contributed by atoms with Gasteiger partial charge in [0.15, 0.2) is 6.61 Å². The van der Waals surface area contributed by atoms with Gasteiger partial charge in [0, 0.05) is 18.7 Å². The lowest BCUT2D eigenvalue weighted by atomic mass is 10.1. The van der Waals surface area contributed by atoms with Crippen LogP contribution in [-0.4, -0.2) is 57.7 Å². The molecule has 0 spiro atoms. The van der Waals surface area contributed by atoms with E-state index in [1.54, 1.807) is 19.9 Å². The molecule has 1 fully saturated rings. The highest BCUT2D eigenvalue weighted by atomic mass is 32.2. The molecule has 1 heterocycles. The quantitative estimate of drug-likeness (QED) is 0.696. The van der Waals surface area contributed by atoms with E-state index in [4.69, 9.17) is 9.47 Å². The number of halogens is 3. The number of aryl methyl sites for hydroxylation is 2. The van der Waals surface area contributed by atoms with Crippen LogP contribution in [0, 0.1) is 13.8 Å². The molecule has 1 aliphatic rings. The molecule has 7 nitrogen and oxygen atoms in total. The van der Waals surface area contributed by atoms with E-state index in [9.17, 15) is 26.4 Å². The van der Waals surface area contributed by atoms with Gasteiger partial charge in [-0.15, -0.1) is 0 Å². The number of sulfonamides is 1. The van der Waals surface area contributed by atoms with Crippen molar-refractivity contribution in [2.24, 2.45) is 0 Å². The van der Waals surface area contributed by atoms with Gasteiger partial charge in [-0.2, -0.15) is 17.5 Å². The smallest absolute Gasteiger partial charge is 0.422 e. The van der Waals surface area contributed by atoms with Gasteiger partial charge >= 0.3 is 6.18 Å². The zero-order chi connectivity index (χ0) is 23.5. The molecule has 0 aromatic heterocycles. The number of ether oxygens (including phenoxy) is 2. The van der Waals surface area contributed by atoms with Crippen molar-refractivity contribution in [1.29, 1.82) is 0 Å². The average Bonchev–Trinajstić information content (AvgIpc) is 2.74. The molecule has 3 rings (SSSR count). The SMILES string of the molecule is Cc1ccc(NC(=O)c2cc(S(=O)(=O)N3CCOCC3)ccc2C)c(OCC(F)(F)F)c1. The Kier molecular flexibility index (Phi) is 7.11. The third-order valence-electron chi connectivity index (χ3n) is 4.84.